The van der Waals surface area contributed by atoms with Crippen LogP contribution in [0, 0.1) is 5.92 Å². The fraction of sp³-hybridized carbons (Fsp3) is 0.467. The van der Waals surface area contributed by atoms with Crippen molar-refractivity contribution in [3.63, 3.8) is 0 Å². The molecule has 2 N–H and O–H groups in total. The number of rotatable bonds is 6. The van der Waals surface area contributed by atoms with Crippen molar-refractivity contribution < 1.29 is 4.79 Å². The molecule has 1 unspecified atom stereocenters. The molecule has 0 amide bonds. The summed E-state index contributed by atoms with van der Waals surface area (Å²) >= 11 is 0. The van der Waals surface area contributed by atoms with Crippen LogP contribution in [0.2, 0.25) is 0 Å². The van der Waals surface area contributed by atoms with Crippen LogP contribution in [0.4, 0.5) is 0 Å². The van der Waals surface area contributed by atoms with E-state index in [2.05, 4.69) is 12.0 Å². The average Bonchev–Trinajstić information content (AvgIpc) is 2.77. The molecule has 0 saturated heterocycles. The Kier molecular flexibility index (Phi) is 4.32. The number of benzene rings is 1. The molecule has 0 saturated carbocycles. The summed E-state index contributed by atoms with van der Waals surface area (Å²) in [5, 5.41) is 5.64. The van der Waals surface area contributed by atoms with Gasteiger partial charge in [-0.25, -0.2) is 0 Å². The second kappa shape index (κ2) is 5.97. The van der Waals surface area contributed by atoms with E-state index in [0.717, 1.165) is 29.6 Å². The zero-order valence-electron chi connectivity index (χ0n) is 11.6. The minimum Gasteiger partial charge on any atom is -0.330 e. The van der Waals surface area contributed by atoms with Crippen LogP contribution in [0.5, 0.6) is 0 Å². The molecule has 0 aliphatic carbocycles. The van der Waals surface area contributed by atoms with Gasteiger partial charge < -0.3 is 5.73 Å². The molecule has 4 nitrogen and oxygen atoms in total. The Morgan fingerprint density at radius 3 is 2.84 bits per heavy atom. The van der Waals surface area contributed by atoms with E-state index in [-0.39, 0.29) is 11.7 Å². The zero-order chi connectivity index (χ0) is 13.8. The van der Waals surface area contributed by atoms with Crippen LogP contribution >= 0.6 is 0 Å². The lowest BCUT2D eigenvalue weighted by atomic mass is 9.98. The monoisotopic (exact) mass is 259 g/mol. The standard InChI is InChI=1S/C15H21N3O/c1-3-18-14-7-5-4-6-12(14)13(17-18)10-15(19)11(2)8-9-16/h4-7,11H,3,8-10,16H2,1-2H3. The number of aromatic nitrogens is 2. The van der Waals surface area contributed by atoms with Crippen molar-refractivity contribution in [3.8, 4) is 0 Å². The molecule has 2 rings (SSSR count). The van der Waals surface area contributed by atoms with Crippen molar-refractivity contribution in [3.05, 3.63) is 30.0 Å². The summed E-state index contributed by atoms with van der Waals surface area (Å²) in [6.45, 7) is 5.36. The molecule has 19 heavy (non-hydrogen) atoms. The van der Waals surface area contributed by atoms with Gasteiger partial charge in [0.2, 0.25) is 0 Å². The molecule has 0 bridgehead atoms. The maximum absolute atomic E-state index is 12.1. The minimum absolute atomic E-state index is 0.00976. The minimum atomic E-state index is 0.00976. The smallest absolute Gasteiger partial charge is 0.141 e. The molecule has 2 aromatic rings. The van der Waals surface area contributed by atoms with E-state index < -0.39 is 0 Å². The first-order chi connectivity index (χ1) is 9.17. The van der Waals surface area contributed by atoms with Gasteiger partial charge in [0.25, 0.3) is 0 Å². The fourth-order valence-corrected chi connectivity index (χ4v) is 2.32. The molecule has 0 aliphatic rings. The number of hydrogen-bond donors (Lipinski definition) is 1. The molecule has 1 aromatic carbocycles. The first-order valence-corrected chi connectivity index (χ1v) is 6.84. The predicted molar refractivity (Wildman–Crippen MR) is 77.0 cm³/mol. The van der Waals surface area contributed by atoms with Crippen LogP contribution in [0.3, 0.4) is 0 Å². The molecule has 1 atom stereocenters. The Bertz CT molecular complexity index is 574. The van der Waals surface area contributed by atoms with E-state index in [1.807, 2.05) is 35.9 Å². The first kappa shape index (κ1) is 13.7. The number of ketones is 1. The molecule has 0 spiro atoms. The molecule has 0 radical (unpaired) electrons. The number of carbonyl (C=O) groups is 1. The summed E-state index contributed by atoms with van der Waals surface area (Å²) in [5.41, 5.74) is 7.48. The summed E-state index contributed by atoms with van der Waals surface area (Å²) in [6, 6.07) is 8.06. The largest absolute Gasteiger partial charge is 0.330 e. The first-order valence-electron chi connectivity index (χ1n) is 6.84. The van der Waals surface area contributed by atoms with Gasteiger partial charge in [-0.2, -0.15) is 5.10 Å². The van der Waals surface area contributed by atoms with Gasteiger partial charge in [-0.15, -0.1) is 0 Å². The van der Waals surface area contributed by atoms with E-state index in [9.17, 15) is 4.79 Å². The van der Waals surface area contributed by atoms with E-state index in [1.54, 1.807) is 0 Å². The van der Waals surface area contributed by atoms with Crippen molar-refractivity contribution in [2.75, 3.05) is 6.54 Å². The summed E-state index contributed by atoms with van der Waals surface area (Å²) in [4.78, 5) is 12.1. The van der Waals surface area contributed by atoms with Gasteiger partial charge in [0.1, 0.15) is 5.78 Å². The van der Waals surface area contributed by atoms with Crippen LogP contribution in [0.15, 0.2) is 24.3 Å². The molecule has 102 valence electrons. The number of para-hydroxylation sites is 1. The average molecular weight is 259 g/mol. The molecular formula is C15H21N3O. The predicted octanol–water partition coefficient (Wildman–Crippen LogP) is 2.15. The van der Waals surface area contributed by atoms with Crippen LogP contribution in [-0.2, 0) is 17.8 Å². The van der Waals surface area contributed by atoms with Crippen molar-refractivity contribution in [1.82, 2.24) is 9.78 Å². The van der Waals surface area contributed by atoms with Gasteiger partial charge in [-0.05, 0) is 26.0 Å². The van der Waals surface area contributed by atoms with E-state index >= 15 is 0 Å². The molecular weight excluding hydrogens is 238 g/mol. The number of nitrogens with zero attached hydrogens (tertiary/aromatic N) is 2. The van der Waals surface area contributed by atoms with E-state index in [0.29, 0.717) is 13.0 Å². The highest BCUT2D eigenvalue weighted by molar-refractivity contribution is 5.89. The number of nitrogens with two attached hydrogens (primary N) is 1. The zero-order valence-corrected chi connectivity index (χ0v) is 11.6. The lowest BCUT2D eigenvalue weighted by Crippen LogP contribution is -2.17. The molecule has 1 heterocycles. The highest BCUT2D eigenvalue weighted by Crippen LogP contribution is 2.20. The van der Waals surface area contributed by atoms with Crippen LogP contribution in [-0.4, -0.2) is 22.1 Å². The lowest BCUT2D eigenvalue weighted by molar-refractivity contribution is -0.121. The van der Waals surface area contributed by atoms with Crippen molar-refractivity contribution in [1.29, 1.82) is 0 Å². The van der Waals surface area contributed by atoms with Crippen LogP contribution < -0.4 is 5.73 Å². The summed E-state index contributed by atoms with van der Waals surface area (Å²) in [6.07, 6.45) is 1.14. The number of hydrogen-bond acceptors (Lipinski definition) is 3. The van der Waals surface area contributed by atoms with Gasteiger partial charge in [-0.1, -0.05) is 25.1 Å². The quantitative estimate of drug-likeness (QED) is 0.864. The molecule has 4 heteroatoms. The maximum Gasteiger partial charge on any atom is 0.141 e. The highest BCUT2D eigenvalue weighted by Gasteiger charge is 2.17. The van der Waals surface area contributed by atoms with Gasteiger partial charge in [0.05, 0.1) is 17.6 Å². The lowest BCUT2D eigenvalue weighted by Gasteiger charge is -2.07. The van der Waals surface area contributed by atoms with Crippen molar-refractivity contribution >= 4 is 16.7 Å². The summed E-state index contributed by atoms with van der Waals surface area (Å²) in [7, 11) is 0. The third kappa shape index (κ3) is 2.84. The normalized spacial score (nSPS) is 12.8. The molecule has 0 aliphatic heterocycles. The number of Topliss-reactive ketones (excluding diaryl/α,β-unsaturated/α-hetero) is 1. The maximum atomic E-state index is 12.1. The van der Waals surface area contributed by atoms with Gasteiger partial charge in [0.15, 0.2) is 0 Å². The summed E-state index contributed by atoms with van der Waals surface area (Å²) < 4.78 is 1.95. The summed E-state index contributed by atoms with van der Waals surface area (Å²) in [5.74, 6) is 0.229. The highest BCUT2D eigenvalue weighted by atomic mass is 16.1. The van der Waals surface area contributed by atoms with E-state index in [4.69, 9.17) is 5.73 Å². The number of carbonyl (C=O) groups excluding carboxylic acids is 1. The Balaban J connectivity index is 2.28. The SMILES string of the molecule is CCn1nc(CC(=O)C(C)CCN)c2ccccc21. The molecule has 1 aromatic heterocycles. The second-order valence-electron chi connectivity index (χ2n) is 4.90. The van der Waals surface area contributed by atoms with E-state index in [1.165, 1.54) is 0 Å². The molecule has 0 fully saturated rings. The third-order valence-electron chi connectivity index (χ3n) is 3.52. The third-order valence-corrected chi connectivity index (χ3v) is 3.52. The van der Waals surface area contributed by atoms with Crippen LogP contribution in [0.25, 0.3) is 10.9 Å². The number of aryl methyl sites for hydroxylation is 1. The van der Waals surface area contributed by atoms with Crippen molar-refractivity contribution in [2.24, 2.45) is 11.7 Å². The Hall–Kier alpha value is -1.68. The Morgan fingerprint density at radius 2 is 2.16 bits per heavy atom. The van der Waals surface area contributed by atoms with Crippen molar-refractivity contribution in [2.45, 2.75) is 33.2 Å². The van der Waals surface area contributed by atoms with Gasteiger partial charge in [0, 0.05) is 17.8 Å². The van der Waals surface area contributed by atoms with Gasteiger partial charge in [-0.3, -0.25) is 9.48 Å². The Morgan fingerprint density at radius 1 is 1.42 bits per heavy atom. The Labute approximate surface area is 113 Å². The fourth-order valence-electron chi connectivity index (χ4n) is 2.32. The van der Waals surface area contributed by atoms with Gasteiger partial charge >= 0.3 is 0 Å². The van der Waals surface area contributed by atoms with Crippen LogP contribution in [0.1, 0.15) is 26.0 Å². The number of fused-ring (bicyclic) bond motifs is 1. The second-order valence-corrected chi connectivity index (χ2v) is 4.90. The topological polar surface area (TPSA) is 60.9 Å².